The van der Waals surface area contributed by atoms with Gasteiger partial charge in [-0.1, -0.05) is 42.5 Å². The van der Waals surface area contributed by atoms with Gasteiger partial charge in [-0.05, 0) is 30.3 Å². The molecule has 0 saturated heterocycles. The van der Waals surface area contributed by atoms with Crippen molar-refractivity contribution in [2.24, 2.45) is 0 Å². The van der Waals surface area contributed by atoms with Crippen LogP contribution in [0.3, 0.4) is 0 Å². The van der Waals surface area contributed by atoms with Gasteiger partial charge < -0.3 is 10.6 Å². The highest BCUT2D eigenvalue weighted by atomic mass is 16.2. The fraction of sp³-hybridized carbons (Fsp3) is 0.0769. The highest BCUT2D eigenvalue weighted by Crippen LogP contribution is 2.30. The summed E-state index contributed by atoms with van der Waals surface area (Å²) in [5.41, 5.74) is 4.32. The minimum absolute atomic E-state index is 0.166. The van der Waals surface area contributed by atoms with Crippen molar-refractivity contribution in [3.8, 4) is 45.6 Å². The van der Waals surface area contributed by atoms with Crippen molar-refractivity contribution in [3.63, 3.8) is 0 Å². The van der Waals surface area contributed by atoms with E-state index in [1.54, 1.807) is 0 Å². The molecule has 10 heteroatoms. The van der Waals surface area contributed by atoms with E-state index in [2.05, 4.69) is 41.0 Å². The number of hydrogen-bond donors (Lipinski definition) is 4. The normalized spacial score (nSPS) is 10.7. The number of nitrogens with one attached hydrogen (secondary N) is 4. The molecule has 0 unspecified atom stereocenters. The molecule has 0 atom stereocenters. The molecule has 0 spiro atoms. The van der Waals surface area contributed by atoms with Gasteiger partial charge >= 0.3 is 0 Å². The maximum absolute atomic E-state index is 11.6. The maximum atomic E-state index is 11.6. The van der Waals surface area contributed by atoms with Gasteiger partial charge in [-0.25, -0.2) is 9.97 Å². The summed E-state index contributed by atoms with van der Waals surface area (Å²) in [4.78, 5) is 32.4. The zero-order chi connectivity index (χ0) is 25.1. The van der Waals surface area contributed by atoms with Gasteiger partial charge in [-0.2, -0.15) is 10.2 Å². The lowest BCUT2D eigenvalue weighted by Crippen LogP contribution is -2.07. The summed E-state index contributed by atoms with van der Waals surface area (Å²) >= 11 is 0. The van der Waals surface area contributed by atoms with Crippen LogP contribution in [-0.2, 0) is 9.59 Å². The first-order valence-electron chi connectivity index (χ1n) is 11.2. The SMILES string of the molecule is CC(=O)Nc1ccccc1-c1nc(-c2cccc(-c3n[nH]c(-c4ccccc4NC(C)=O)n3)c2)n[nH]1. The van der Waals surface area contributed by atoms with E-state index in [0.717, 1.165) is 22.3 Å². The average Bonchev–Trinajstić information content (AvgIpc) is 3.55. The van der Waals surface area contributed by atoms with Gasteiger partial charge in [-0.15, -0.1) is 0 Å². The van der Waals surface area contributed by atoms with Gasteiger partial charge in [-0.3, -0.25) is 19.8 Å². The number of amides is 2. The van der Waals surface area contributed by atoms with E-state index in [4.69, 9.17) is 0 Å². The Hall–Kier alpha value is -5.12. The Balaban J connectivity index is 1.44. The van der Waals surface area contributed by atoms with Gasteiger partial charge in [0.15, 0.2) is 23.3 Å². The molecule has 5 aromatic rings. The number of aromatic amines is 2. The molecule has 0 saturated carbocycles. The van der Waals surface area contributed by atoms with Crippen molar-refractivity contribution in [1.82, 2.24) is 30.4 Å². The summed E-state index contributed by atoms with van der Waals surface area (Å²) in [7, 11) is 0. The first kappa shape index (κ1) is 22.7. The Morgan fingerprint density at radius 2 is 1.08 bits per heavy atom. The van der Waals surface area contributed by atoms with Crippen LogP contribution in [0.2, 0.25) is 0 Å². The zero-order valence-electron chi connectivity index (χ0n) is 19.5. The second kappa shape index (κ2) is 9.63. The lowest BCUT2D eigenvalue weighted by Gasteiger charge is -2.06. The van der Waals surface area contributed by atoms with Crippen molar-refractivity contribution in [3.05, 3.63) is 72.8 Å². The van der Waals surface area contributed by atoms with Gasteiger partial charge in [0.2, 0.25) is 11.8 Å². The van der Waals surface area contributed by atoms with Crippen LogP contribution >= 0.6 is 0 Å². The molecule has 10 nitrogen and oxygen atoms in total. The van der Waals surface area contributed by atoms with E-state index in [9.17, 15) is 9.59 Å². The van der Waals surface area contributed by atoms with Crippen LogP contribution in [0.5, 0.6) is 0 Å². The Morgan fingerprint density at radius 3 is 1.53 bits per heavy atom. The summed E-state index contributed by atoms with van der Waals surface area (Å²) < 4.78 is 0. The second-order valence-corrected chi connectivity index (χ2v) is 8.05. The summed E-state index contributed by atoms with van der Waals surface area (Å²) in [6, 6.07) is 22.3. The number of carbonyl (C=O) groups excluding carboxylic acids is 2. The van der Waals surface area contributed by atoms with Gasteiger partial charge in [0.1, 0.15) is 0 Å². The molecule has 5 rings (SSSR count). The van der Waals surface area contributed by atoms with Crippen molar-refractivity contribution < 1.29 is 9.59 Å². The molecule has 0 fully saturated rings. The number of anilines is 2. The van der Waals surface area contributed by atoms with E-state index in [0.29, 0.717) is 34.7 Å². The van der Waals surface area contributed by atoms with E-state index >= 15 is 0 Å². The van der Waals surface area contributed by atoms with Crippen LogP contribution in [0.1, 0.15) is 13.8 Å². The predicted molar refractivity (Wildman–Crippen MR) is 137 cm³/mol. The van der Waals surface area contributed by atoms with Crippen LogP contribution < -0.4 is 10.6 Å². The van der Waals surface area contributed by atoms with Crippen molar-refractivity contribution in [2.45, 2.75) is 13.8 Å². The highest BCUT2D eigenvalue weighted by Gasteiger charge is 2.15. The van der Waals surface area contributed by atoms with Gasteiger partial charge in [0, 0.05) is 36.1 Å². The minimum Gasteiger partial charge on any atom is -0.326 e. The number of aromatic nitrogens is 6. The Morgan fingerprint density at radius 1 is 0.639 bits per heavy atom. The number of rotatable bonds is 6. The molecular formula is C26H22N8O2. The Bertz CT molecular complexity index is 1460. The largest absolute Gasteiger partial charge is 0.326 e. The summed E-state index contributed by atoms with van der Waals surface area (Å²) in [6.07, 6.45) is 0. The number of para-hydroxylation sites is 2. The van der Waals surface area contributed by atoms with E-state index in [-0.39, 0.29) is 11.8 Å². The number of benzene rings is 3. The quantitative estimate of drug-likeness (QED) is 0.283. The molecular weight excluding hydrogens is 456 g/mol. The molecule has 2 aromatic heterocycles. The molecule has 4 N–H and O–H groups in total. The molecule has 0 radical (unpaired) electrons. The third-order valence-electron chi connectivity index (χ3n) is 5.34. The monoisotopic (exact) mass is 478 g/mol. The minimum atomic E-state index is -0.166. The van der Waals surface area contributed by atoms with Crippen molar-refractivity contribution >= 4 is 23.2 Å². The maximum Gasteiger partial charge on any atom is 0.221 e. The summed E-state index contributed by atoms with van der Waals surface area (Å²) in [5.74, 6) is 1.73. The molecule has 2 amide bonds. The second-order valence-electron chi connectivity index (χ2n) is 8.05. The van der Waals surface area contributed by atoms with Crippen LogP contribution in [0, 0.1) is 0 Å². The van der Waals surface area contributed by atoms with E-state index in [1.807, 2.05) is 72.8 Å². The number of nitrogens with zero attached hydrogens (tertiary/aromatic N) is 4. The fourth-order valence-corrected chi connectivity index (χ4v) is 3.80. The predicted octanol–water partition coefficient (Wildman–Crippen LogP) is 4.51. The fourth-order valence-electron chi connectivity index (χ4n) is 3.80. The molecule has 36 heavy (non-hydrogen) atoms. The zero-order valence-corrected chi connectivity index (χ0v) is 19.5. The molecule has 0 aliphatic heterocycles. The molecule has 0 bridgehead atoms. The summed E-state index contributed by atoms with van der Waals surface area (Å²) in [6.45, 7) is 2.92. The molecule has 2 heterocycles. The van der Waals surface area contributed by atoms with Crippen molar-refractivity contribution in [2.75, 3.05) is 10.6 Å². The molecule has 178 valence electrons. The Labute approximate surface area is 206 Å². The molecule has 3 aromatic carbocycles. The lowest BCUT2D eigenvalue weighted by atomic mass is 10.1. The van der Waals surface area contributed by atoms with Gasteiger partial charge in [0.25, 0.3) is 0 Å². The first-order valence-corrected chi connectivity index (χ1v) is 11.2. The van der Waals surface area contributed by atoms with Crippen LogP contribution in [-0.4, -0.2) is 42.2 Å². The third-order valence-corrected chi connectivity index (χ3v) is 5.34. The van der Waals surface area contributed by atoms with E-state index in [1.165, 1.54) is 13.8 Å². The van der Waals surface area contributed by atoms with E-state index < -0.39 is 0 Å². The lowest BCUT2D eigenvalue weighted by molar-refractivity contribution is -0.115. The first-order chi connectivity index (χ1) is 17.5. The smallest absolute Gasteiger partial charge is 0.221 e. The van der Waals surface area contributed by atoms with Crippen LogP contribution in [0.4, 0.5) is 11.4 Å². The number of carbonyl (C=O) groups is 2. The Kier molecular flexibility index (Phi) is 6.06. The van der Waals surface area contributed by atoms with Crippen LogP contribution in [0.15, 0.2) is 72.8 Å². The standard InChI is InChI=1S/C26H22N8O2/c1-15(35)27-21-12-5-3-10-19(21)25-29-23(31-33-25)17-8-7-9-18(14-17)24-30-26(34-32-24)20-11-4-6-13-22(20)28-16(2)36/h3-14H,1-2H3,(H,27,35)(H,28,36)(H,29,31,33)(H,30,32,34). The number of hydrogen-bond acceptors (Lipinski definition) is 6. The van der Waals surface area contributed by atoms with Crippen molar-refractivity contribution in [1.29, 1.82) is 0 Å². The topological polar surface area (TPSA) is 141 Å². The number of H-pyrrole nitrogens is 2. The molecule has 0 aliphatic rings. The highest BCUT2D eigenvalue weighted by molar-refractivity contribution is 5.94. The third kappa shape index (κ3) is 4.73. The van der Waals surface area contributed by atoms with Crippen LogP contribution in [0.25, 0.3) is 45.6 Å². The summed E-state index contributed by atoms with van der Waals surface area (Å²) in [5, 5.41) is 20.3. The average molecular weight is 479 g/mol. The van der Waals surface area contributed by atoms with Gasteiger partial charge in [0.05, 0.1) is 11.4 Å². The molecule has 0 aliphatic carbocycles.